The van der Waals surface area contributed by atoms with Crippen molar-refractivity contribution < 1.29 is 4.79 Å². The smallest absolute Gasteiger partial charge is 0.224 e. The Hall–Kier alpha value is -2.09. The van der Waals surface area contributed by atoms with E-state index in [1.54, 1.807) is 0 Å². The number of aryl methyl sites for hydroxylation is 2. The molecule has 0 radical (unpaired) electrons. The standard InChI is InChI=1S/C18H21NO/c1-3-15-7-9-16(10-8-15)12-18(20)19-13-17-6-4-5-14(2)11-17/h4-11H,3,12-13H2,1-2H3,(H,19,20). The molecule has 104 valence electrons. The highest BCUT2D eigenvalue weighted by Gasteiger charge is 2.03. The molecule has 0 aliphatic carbocycles. The number of carbonyl (C=O) groups excluding carboxylic acids is 1. The van der Waals surface area contributed by atoms with Gasteiger partial charge in [-0.3, -0.25) is 4.79 Å². The Bertz CT molecular complexity index is 572. The van der Waals surface area contributed by atoms with Gasteiger partial charge in [-0.05, 0) is 30.0 Å². The van der Waals surface area contributed by atoms with Crippen molar-refractivity contribution in [2.75, 3.05) is 0 Å². The van der Waals surface area contributed by atoms with Crippen LogP contribution in [0.4, 0.5) is 0 Å². The highest BCUT2D eigenvalue weighted by Crippen LogP contribution is 2.06. The third-order valence-electron chi connectivity index (χ3n) is 3.37. The van der Waals surface area contributed by atoms with Crippen LogP contribution >= 0.6 is 0 Å². The van der Waals surface area contributed by atoms with E-state index in [1.807, 2.05) is 24.3 Å². The Labute approximate surface area is 120 Å². The van der Waals surface area contributed by atoms with E-state index in [4.69, 9.17) is 0 Å². The number of rotatable bonds is 5. The van der Waals surface area contributed by atoms with E-state index in [0.717, 1.165) is 17.5 Å². The molecule has 0 aliphatic rings. The molecule has 1 N–H and O–H groups in total. The molecule has 0 saturated carbocycles. The molecule has 0 aromatic heterocycles. The summed E-state index contributed by atoms with van der Waals surface area (Å²) < 4.78 is 0. The van der Waals surface area contributed by atoms with E-state index in [-0.39, 0.29) is 5.91 Å². The number of hydrogen-bond donors (Lipinski definition) is 1. The molecule has 0 fully saturated rings. The van der Waals surface area contributed by atoms with Crippen LogP contribution in [0, 0.1) is 6.92 Å². The Morgan fingerprint density at radius 2 is 1.70 bits per heavy atom. The van der Waals surface area contributed by atoms with Gasteiger partial charge in [0.15, 0.2) is 0 Å². The van der Waals surface area contributed by atoms with E-state index in [0.29, 0.717) is 13.0 Å². The van der Waals surface area contributed by atoms with Gasteiger partial charge in [0.2, 0.25) is 5.91 Å². The molecule has 2 nitrogen and oxygen atoms in total. The Balaban J connectivity index is 1.85. The number of nitrogens with one attached hydrogen (secondary N) is 1. The first-order valence-corrected chi connectivity index (χ1v) is 7.07. The monoisotopic (exact) mass is 267 g/mol. The van der Waals surface area contributed by atoms with Crippen LogP contribution in [0.1, 0.15) is 29.2 Å². The van der Waals surface area contributed by atoms with Gasteiger partial charge in [0.1, 0.15) is 0 Å². The van der Waals surface area contributed by atoms with E-state index in [2.05, 4.69) is 43.4 Å². The minimum absolute atomic E-state index is 0.0655. The van der Waals surface area contributed by atoms with Crippen molar-refractivity contribution in [3.63, 3.8) is 0 Å². The second kappa shape index (κ2) is 6.90. The molecule has 20 heavy (non-hydrogen) atoms. The Kier molecular flexibility index (Phi) is 4.94. The van der Waals surface area contributed by atoms with Crippen molar-refractivity contribution in [1.29, 1.82) is 0 Å². The summed E-state index contributed by atoms with van der Waals surface area (Å²) in [5.74, 6) is 0.0655. The molecule has 0 spiro atoms. The van der Waals surface area contributed by atoms with Crippen LogP contribution in [0.5, 0.6) is 0 Å². The van der Waals surface area contributed by atoms with Crippen molar-refractivity contribution >= 4 is 5.91 Å². The Morgan fingerprint density at radius 3 is 2.35 bits per heavy atom. The minimum Gasteiger partial charge on any atom is -0.352 e. The fourth-order valence-electron chi connectivity index (χ4n) is 2.16. The lowest BCUT2D eigenvalue weighted by atomic mass is 10.1. The zero-order valence-corrected chi connectivity index (χ0v) is 12.1. The number of benzene rings is 2. The lowest BCUT2D eigenvalue weighted by Gasteiger charge is -2.07. The third-order valence-corrected chi connectivity index (χ3v) is 3.37. The second-order valence-corrected chi connectivity index (χ2v) is 5.11. The molecule has 1 amide bonds. The first-order valence-electron chi connectivity index (χ1n) is 7.07. The van der Waals surface area contributed by atoms with Gasteiger partial charge in [-0.1, -0.05) is 61.0 Å². The van der Waals surface area contributed by atoms with Gasteiger partial charge in [-0.2, -0.15) is 0 Å². The fourth-order valence-corrected chi connectivity index (χ4v) is 2.16. The lowest BCUT2D eigenvalue weighted by molar-refractivity contribution is -0.120. The summed E-state index contributed by atoms with van der Waals surface area (Å²) in [6, 6.07) is 16.4. The maximum absolute atomic E-state index is 11.9. The van der Waals surface area contributed by atoms with Gasteiger partial charge in [0, 0.05) is 6.54 Å². The molecule has 0 bridgehead atoms. The van der Waals surface area contributed by atoms with Crippen LogP contribution in [-0.4, -0.2) is 5.91 Å². The summed E-state index contributed by atoms with van der Waals surface area (Å²) in [4.78, 5) is 11.9. The van der Waals surface area contributed by atoms with Gasteiger partial charge in [-0.25, -0.2) is 0 Å². The molecular weight excluding hydrogens is 246 g/mol. The molecule has 2 aromatic carbocycles. The average Bonchev–Trinajstić information content (AvgIpc) is 2.46. The summed E-state index contributed by atoms with van der Waals surface area (Å²) in [6.45, 7) is 4.78. The first kappa shape index (κ1) is 14.3. The molecule has 0 atom stereocenters. The van der Waals surface area contributed by atoms with Gasteiger partial charge in [-0.15, -0.1) is 0 Å². The second-order valence-electron chi connectivity index (χ2n) is 5.11. The van der Waals surface area contributed by atoms with E-state index < -0.39 is 0 Å². The highest BCUT2D eigenvalue weighted by molar-refractivity contribution is 5.78. The van der Waals surface area contributed by atoms with E-state index >= 15 is 0 Å². The predicted molar refractivity (Wildman–Crippen MR) is 82.5 cm³/mol. The van der Waals surface area contributed by atoms with E-state index in [1.165, 1.54) is 11.1 Å². The molecule has 0 unspecified atom stereocenters. The number of amides is 1. The molecular formula is C18H21NO. The highest BCUT2D eigenvalue weighted by atomic mass is 16.1. The summed E-state index contributed by atoms with van der Waals surface area (Å²) in [5, 5.41) is 2.96. The minimum atomic E-state index is 0.0655. The van der Waals surface area contributed by atoms with Crippen LogP contribution in [0.3, 0.4) is 0 Å². The van der Waals surface area contributed by atoms with Gasteiger partial charge in [0.05, 0.1) is 6.42 Å². The maximum Gasteiger partial charge on any atom is 0.224 e. The summed E-state index contributed by atoms with van der Waals surface area (Å²) in [6.07, 6.45) is 1.47. The SMILES string of the molecule is CCc1ccc(CC(=O)NCc2cccc(C)c2)cc1. The van der Waals surface area contributed by atoms with Crippen molar-refractivity contribution in [2.24, 2.45) is 0 Å². The van der Waals surface area contributed by atoms with Gasteiger partial charge in [0.25, 0.3) is 0 Å². The Morgan fingerprint density at radius 1 is 1.00 bits per heavy atom. The zero-order chi connectivity index (χ0) is 14.4. The maximum atomic E-state index is 11.9. The van der Waals surface area contributed by atoms with Crippen molar-refractivity contribution in [3.05, 3.63) is 70.8 Å². The topological polar surface area (TPSA) is 29.1 Å². The largest absolute Gasteiger partial charge is 0.352 e. The third kappa shape index (κ3) is 4.23. The van der Waals surface area contributed by atoms with Crippen molar-refractivity contribution in [3.8, 4) is 0 Å². The lowest BCUT2D eigenvalue weighted by Crippen LogP contribution is -2.24. The van der Waals surface area contributed by atoms with Crippen molar-refractivity contribution in [2.45, 2.75) is 33.2 Å². The van der Waals surface area contributed by atoms with Crippen molar-refractivity contribution in [1.82, 2.24) is 5.32 Å². The van der Waals surface area contributed by atoms with Crippen LogP contribution < -0.4 is 5.32 Å². The summed E-state index contributed by atoms with van der Waals surface area (Å²) in [5.41, 5.74) is 4.71. The quantitative estimate of drug-likeness (QED) is 0.883. The fraction of sp³-hybridized carbons (Fsp3) is 0.278. The predicted octanol–water partition coefficient (Wildman–Crippen LogP) is 3.42. The molecule has 0 aliphatic heterocycles. The van der Waals surface area contributed by atoms with Crippen LogP contribution in [0.25, 0.3) is 0 Å². The molecule has 2 aromatic rings. The van der Waals surface area contributed by atoms with Gasteiger partial charge < -0.3 is 5.32 Å². The van der Waals surface area contributed by atoms with Crippen LogP contribution in [0.15, 0.2) is 48.5 Å². The molecule has 0 saturated heterocycles. The zero-order valence-electron chi connectivity index (χ0n) is 12.1. The number of carbonyl (C=O) groups is 1. The van der Waals surface area contributed by atoms with Crippen LogP contribution in [-0.2, 0) is 24.2 Å². The molecule has 2 heteroatoms. The average molecular weight is 267 g/mol. The summed E-state index contributed by atoms with van der Waals surface area (Å²) >= 11 is 0. The normalized spacial score (nSPS) is 10.3. The summed E-state index contributed by atoms with van der Waals surface area (Å²) in [7, 11) is 0. The molecule has 2 rings (SSSR count). The van der Waals surface area contributed by atoms with Crippen LogP contribution in [0.2, 0.25) is 0 Å². The number of hydrogen-bond acceptors (Lipinski definition) is 1. The first-order chi connectivity index (χ1) is 9.67. The van der Waals surface area contributed by atoms with Gasteiger partial charge >= 0.3 is 0 Å². The molecule has 0 heterocycles. The van der Waals surface area contributed by atoms with E-state index in [9.17, 15) is 4.79 Å².